The van der Waals surface area contributed by atoms with E-state index in [2.05, 4.69) is 0 Å². The lowest BCUT2D eigenvalue weighted by molar-refractivity contribution is -0.123. The maximum Gasteiger partial charge on any atom is 0.343 e. The molecule has 0 atom stereocenters. The molecule has 2 amide bonds. The number of thioether (sulfide) groups is 1. The van der Waals surface area contributed by atoms with Crippen molar-refractivity contribution in [2.45, 2.75) is 0 Å². The molecule has 0 radical (unpaired) electrons. The van der Waals surface area contributed by atoms with Gasteiger partial charge in [-0.2, -0.15) is 0 Å². The number of halogens is 1. The largest absolute Gasteiger partial charge is 0.497 e. The summed E-state index contributed by atoms with van der Waals surface area (Å²) in [6, 6.07) is 20.3. The highest BCUT2D eigenvalue weighted by molar-refractivity contribution is 8.18. The van der Waals surface area contributed by atoms with Gasteiger partial charge in [0, 0.05) is 5.56 Å². The summed E-state index contributed by atoms with van der Waals surface area (Å²) in [7, 11) is 1.54. The van der Waals surface area contributed by atoms with Crippen LogP contribution in [-0.2, 0) is 4.79 Å². The Bertz CT molecular complexity index is 1290. The maximum atomic E-state index is 12.9. The fourth-order valence-electron chi connectivity index (χ4n) is 3.22. The van der Waals surface area contributed by atoms with E-state index in [4.69, 9.17) is 25.8 Å². The first-order valence-electron chi connectivity index (χ1n) is 10.5. The molecule has 1 fully saturated rings. The third-order valence-corrected chi connectivity index (χ3v) is 6.24. The molecule has 178 valence electrons. The second-order valence-corrected chi connectivity index (χ2v) is 8.67. The molecule has 9 heteroatoms. The fourth-order valence-corrected chi connectivity index (χ4v) is 4.27. The fraction of sp³-hybridized carbons (Fsp3) is 0.115. The van der Waals surface area contributed by atoms with Crippen molar-refractivity contribution in [3.05, 3.63) is 93.9 Å². The van der Waals surface area contributed by atoms with Crippen molar-refractivity contribution in [3.8, 4) is 17.2 Å². The van der Waals surface area contributed by atoms with E-state index in [-0.39, 0.29) is 23.8 Å². The van der Waals surface area contributed by atoms with Crippen LogP contribution in [0.5, 0.6) is 17.2 Å². The van der Waals surface area contributed by atoms with Crippen molar-refractivity contribution in [1.82, 2.24) is 4.90 Å². The van der Waals surface area contributed by atoms with Gasteiger partial charge in [0.05, 0.1) is 29.1 Å². The highest BCUT2D eigenvalue weighted by atomic mass is 35.5. The first kappa shape index (κ1) is 24.4. The number of para-hydroxylation sites is 2. The molecule has 0 bridgehead atoms. The van der Waals surface area contributed by atoms with Crippen molar-refractivity contribution in [1.29, 1.82) is 0 Å². The molecule has 1 heterocycles. The summed E-state index contributed by atoms with van der Waals surface area (Å²) < 4.78 is 16.3. The lowest BCUT2D eigenvalue weighted by Gasteiger charge is -2.13. The number of amides is 2. The number of nitrogens with zero attached hydrogens (tertiary/aromatic N) is 1. The van der Waals surface area contributed by atoms with Gasteiger partial charge in [0.15, 0.2) is 0 Å². The Morgan fingerprint density at radius 2 is 1.66 bits per heavy atom. The van der Waals surface area contributed by atoms with E-state index < -0.39 is 17.1 Å². The number of esters is 1. The number of ether oxygens (including phenoxy) is 3. The average Bonchev–Trinajstić information content (AvgIpc) is 3.13. The van der Waals surface area contributed by atoms with Crippen LogP contribution in [0, 0.1) is 0 Å². The van der Waals surface area contributed by atoms with E-state index in [9.17, 15) is 14.4 Å². The lowest BCUT2D eigenvalue weighted by atomic mass is 10.1. The second kappa shape index (κ2) is 11.1. The number of hydrogen-bond donors (Lipinski definition) is 0. The van der Waals surface area contributed by atoms with E-state index in [1.54, 1.807) is 72.8 Å². The highest BCUT2D eigenvalue weighted by Gasteiger charge is 2.35. The van der Waals surface area contributed by atoms with Crippen LogP contribution in [0.25, 0.3) is 6.08 Å². The summed E-state index contributed by atoms with van der Waals surface area (Å²) in [5.74, 6) is 0.360. The van der Waals surface area contributed by atoms with Gasteiger partial charge in [-0.05, 0) is 60.3 Å². The highest BCUT2D eigenvalue weighted by Crippen LogP contribution is 2.34. The van der Waals surface area contributed by atoms with Gasteiger partial charge in [-0.1, -0.05) is 41.9 Å². The summed E-state index contributed by atoms with van der Waals surface area (Å²) in [4.78, 5) is 39.2. The van der Waals surface area contributed by atoms with Crippen molar-refractivity contribution in [3.63, 3.8) is 0 Å². The third-order valence-electron chi connectivity index (χ3n) is 5.02. The third kappa shape index (κ3) is 5.85. The first-order valence-corrected chi connectivity index (χ1v) is 11.7. The summed E-state index contributed by atoms with van der Waals surface area (Å²) in [6.45, 7) is 0.173. The van der Waals surface area contributed by atoms with Crippen LogP contribution in [0.3, 0.4) is 0 Å². The number of methoxy groups -OCH3 is 1. The predicted octanol–water partition coefficient (Wildman–Crippen LogP) is 5.68. The molecule has 1 aliphatic heterocycles. The zero-order valence-electron chi connectivity index (χ0n) is 18.6. The van der Waals surface area contributed by atoms with Crippen molar-refractivity contribution < 1.29 is 28.6 Å². The van der Waals surface area contributed by atoms with E-state index in [0.29, 0.717) is 27.6 Å². The zero-order valence-corrected chi connectivity index (χ0v) is 20.2. The summed E-state index contributed by atoms with van der Waals surface area (Å²) in [5.41, 5.74) is 0.839. The van der Waals surface area contributed by atoms with Crippen LogP contribution in [0.2, 0.25) is 5.02 Å². The summed E-state index contributed by atoms with van der Waals surface area (Å²) in [5, 5.41) is 0.0408. The van der Waals surface area contributed by atoms with Gasteiger partial charge in [0.2, 0.25) is 0 Å². The van der Waals surface area contributed by atoms with Crippen LogP contribution < -0.4 is 14.2 Å². The molecule has 0 spiro atoms. The number of rotatable bonds is 8. The first-order chi connectivity index (χ1) is 17.0. The Hall–Kier alpha value is -3.75. The van der Waals surface area contributed by atoms with Gasteiger partial charge in [0.1, 0.15) is 23.9 Å². The molecule has 0 unspecified atom stereocenters. The SMILES string of the molecule is COc1ccc(C(=O)Oc2ccccc2/C=C2\SC(=O)N(CCOc3ccccc3Cl)C2=O)cc1. The molecule has 7 nitrogen and oxygen atoms in total. The van der Waals surface area contributed by atoms with Gasteiger partial charge < -0.3 is 14.2 Å². The number of carbonyl (C=O) groups excluding carboxylic acids is 3. The Kier molecular flexibility index (Phi) is 7.74. The topological polar surface area (TPSA) is 82.1 Å². The predicted molar refractivity (Wildman–Crippen MR) is 134 cm³/mol. The number of benzene rings is 3. The molecule has 0 aromatic heterocycles. The van der Waals surface area contributed by atoms with Gasteiger partial charge in [0.25, 0.3) is 11.1 Å². The second-order valence-electron chi connectivity index (χ2n) is 7.27. The van der Waals surface area contributed by atoms with Crippen LogP contribution in [0.15, 0.2) is 77.7 Å². The molecule has 0 aliphatic carbocycles. The minimum absolute atomic E-state index is 0.0708. The molecule has 1 aliphatic rings. The zero-order chi connectivity index (χ0) is 24.8. The summed E-state index contributed by atoms with van der Waals surface area (Å²) in [6.07, 6.45) is 1.54. The Morgan fingerprint density at radius 3 is 2.37 bits per heavy atom. The monoisotopic (exact) mass is 509 g/mol. The van der Waals surface area contributed by atoms with Crippen LogP contribution >= 0.6 is 23.4 Å². The molecule has 1 saturated heterocycles. The smallest absolute Gasteiger partial charge is 0.343 e. The van der Waals surface area contributed by atoms with Gasteiger partial charge in [-0.15, -0.1) is 0 Å². The normalized spacial score (nSPS) is 14.3. The molecule has 3 aromatic carbocycles. The number of carbonyl (C=O) groups is 3. The van der Waals surface area contributed by atoms with Gasteiger partial charge in [-0.3, -0.25) is 14.5 Å². The minimum atomic E-state index is -0.557. The van der Waals surface area contributed by atoms with Crippen molar-refractivity contribution >= 4 is 46.6 Å². The summed E-state index contributed by atoms with van der Waals surface area (Å²) >= 11 is 6.88. The Morgan fingerprint density at radius 1 is 0.971 bits per heavy atom. The lowest BCUT2D eigenvalue weighted by Crippen LogP contribution is -2.32. The molecule has 0 saturated carbocycles. The Balaban J connectivity index is 1.44. The van der Waals surface area contributed by atoms with E-state index in [0.717, 1.165) is 16.7 Å². The molecule has 0 N–H and O–H groups in total. The standard InChI is InChI=1S/C26H20ClNO6S/c1-32-19-12-10-17(11-13-19)25(30)34-21-8-4-2-6-18(21)16-23-24(29)28(26(31)35-23)14-15-33-22-9-5-3-7-20(22)27/h2-13,16H,14-15H2,1H3/b23-16-. The number of hydrogen-bond acceptors (Lipinski definition) is 7. The Labute approximate surface area is 211 Å². The van der Waals surface area contributed by atoms with Crippen molar-refractivity contribution in [2.24, 2.45) is 0 Å². The maximum absolute atomic E-state index is 12.9. The molecular formula is C26H20ClNO6S. The number of imide groups is 1. The van der Waals surface area contributed by atoms with Crippen molar-refractivity contribution in [2.75, 3.05) is 20.3 Å². The van der Waals surface area contributed by atoms with E-state index in [1.165, 1.54) is 13.2 Å². The minimum Gasteiger partial charge on any atom is -0.497 e. The molecule has 35 heavy (non-hydrogen) atoms. The molecular weight excluding hydrogens is 490 g/mol. The van der Waals surface area contributed by atoms with Gasteiger partial charge >= 0.3 is 5.97 Å². The quantitative estimate of drug-likeness (QED) is 0.219. The van der Waals surface area contributed by atoms with E-state index >= 15 is 0 Å². The molecule has 4 rings (SSSR count). The average molecular weight is 510 g/mol. The van der Waals surface area contributed by atoms with Crippen LogP contribution in [0.1, 0.15) is 15.9 Å². The van der Waals surface area contributed by atoms with Crippen LogP contribution in [0.4, 0.5) is 4.79 Å². The van der Waals surface area contributed by atoms with Gasteiger partial charge in [-0.25, -0.2) is 4.79 Å². The molecule has 3 aromatic rings. The van der Waals surface area contributed by atoms with E-state index in [1.807, 2.05) is 0 Å². The van der Waals surface area contributed by atoms with Crippen LogP contribution in [-0.4, -0.2) is 42.3 Å².